The quantitative estimate of drug-likeness (QED) is 0.689. The van der Waals surface area contributed by atoms with E-state index in [4.69, 9.17) is 15.4 Å². The van der Waals surface area contributed by atoms with Crippen LogP contribution in [0.15, 0.2) is 0 Å². The third kappa shape index (κ3) is 4.68. The SMILES string of the molecule is CC1OCCC1N(C)CCCS(=O)(=O)Cl. The summed E-state index contributed by atoms with van der Waals surface area (Å²) < 4.78 is 26.9. The van der Waals surface area contributed by atoms with Crippen LogP contribution in [0.2, 0.25) is 0 Å². The summed E-state index contributed by atoms with van der Waals surface area (Å²) in [5, 5.41) is 0. The van der Waals surface area contributed by atoms with Crippen molar-refractivity contribution < 1.29 is 13.2 Å². The second-order valence-corrected chi connectivity index (χ2v) is 6.91. The highest BCUT2D eigenvalue weighted by Crippen LogP contribution is 2.18. The summed E-state index contributed by atoms with van der Waals surface area (Å²) in [7, 11) is 3.79. The Labute approximate surface area is 96.0 Å². The summed E-state index contributed by atoms with van der Waals surface area (Å²) >= 11 is 0. The smallest absolute Gasteiger partial charge is 0.232 e. The summed E-state index contributed by atoms with van der Waals surface area (Å²) in [6.07, 6.45) is 1.83. The zero-order valence-corrected chi connectivity index (χ0v) is 10.7. The van der Waals surface area contributed by atoms with Gasteiger partial charge in [-0.05, 0) is 33.4 Å². The maximum absolute atomic E-state index is 10.7. The van der Waals surface area contributed by atoms with Crippen molar-refractivity contribution >= 4 is 19.7 Å². The van der Waals surface area contributed by atoms with Gasteiger partial charge < -0.3 is 9.64 Å². The molecule has 1 fully saturated rings. The molecule has 2 atom stereocenters. The molecular weight excluding hydrogens is 238 g/mol. The Morgan fingerprint density at radius 2 is 2.20 bits per heavy atom. The van der Waals surface area contributed by atoms with Gasteiger partial charge in [0, 0.05) is 23.3 Å². The summed E-state index contributed by atoms with van der Waals surface area (Å²) in [5.74, 6) is 0.0425. The van der Waals surface area contributed by atoms with Gasteiger partial charge in [-0.15, -0.1) is 0 Å². The van der Waals surface area contributed by atoms with Crippen molar-refractivity contribution in [3.8, 4) is 0 Å². The molecule has 1 aliphatic rings. The molecule has 0 aromatic carbocycles. The van der Waals surface area contributed by atoms with Gasteiger partial charge in [-0.2, -0.15) is 0 Å². The Hall–Kier alpha value is 0.160. The lowest BCUT2D eigenvalue weighted by molar-refractivity contribution is 0.0838. The minimum Gasteiger partial charge on any atom is -0.377 e. The lowest BCUT2D eigenvalue weighted by Crippen LogP contribution is -2.37. The highest BCUT2D eigenvalue weighted by atomic mass is 35.7. The van der Waals surface area contributed by atoms with Gasteiger partial charge in [-0.3, -0.25) is 0 Å². The van der Waals surface area contributed by atoms with Crippen LogP contribution in [0.3, 0.4) is 0 Å². The Bertz CT molecular complexity index is 294. The van der Waals surface area contributed by atoms with Gasteiger partial charge in [-0.25, -0.2) is 8.42 Å². The van der Waals surface area contributed by atoms with Crippen molar-refractivity contribution in [2.75, 3.05) is 26.0 Å². The van der Waals surface area contributed by atoms with Gasteiger partial charge in [0.15, 0.2) is 0 Å². The van der Waals surface area contributed by atoms with E-state index in [0.717, 1.165) is 19.6 Å². The Morgan fingerprint density at radius 1 is 1.53 bits per heavy atom. The van der Waals surface area contributed by atoms with Crippen LogP contribution >= 0.6 is 10.7 Å². The van der Waals surface area contributed by atoms with Crippen molar-refractivity contribution in [2.45, 2.75) is 31.9 Å². The highest BCUT2D eigenvalue weighted by Gasteiger charge is 2.27. The monoisotopic (exact) mass is 255 g/mol. The predicted octanol–water partition coefficient (Wildman–Crippen LogP) is 1.05. The first-order valence-electron chi connectivity index (χ1n) is 5.14. The predicted molar refractivity (Wildman–Crippen MR) is 60.7 cm³/mol. The summed E-state index contributed by atoms with van der Waals surface area (Å²) in [6.45, 7) is 3.58. The van der Waals surface area contributed by atoms with Gasteiger partial charge in [0.05, 0.1) is 11.9 Å². The average molecular weight is 256 g/mol. The molecule has 2 unspecified atom stereocenters. The van der Waals surface area contributed by atoms with E-state index in [1.54, 1.807) is 0 Å². The van der Waals surface area contributed by atoms with E-state index in [0.29, 0.717) is 12.5 Å². The molecule has 1 aliphatic heterocycles. The molecule has 0 aliphatic carbocycles. The van der Waals surface area contributed by atoms with Crippen molar-refractivity contribution in [3.05, 3.63) is 0 Å². The van der Waals surface area contributed by atoms with Crippen molar-refractivity contribution in [3.63, 3.8) is 0 Å². The molecule has 15 heavy (non-hydrogen) atoms. The van der Waals surface area contributed by atoms with Crippen LogP contribution in [0.25, 0.3) is 0 Å². The molecule has 6 heteroatoms. The number of nitrogens with zero attached hydrogens (tertiary/aromatic N) is 1. The third-order valence-corrected chi connectivity index (χ3v) is 4.04. The van der Waals surface area contributed by atoms with E-state index in [1.807, 2.05) is 14.0 Å². The molecule has 4 nitrogen and oxygen atoms in total. The first-order chi connectivity index (χ1) is 6.90. The number of hydrogen-bond acceptors (Lipinski definition) is 4. The van der Waals surface area contributed by atoms with Crippen LogP contribution in [-0.4, -0.2) is 51.4 Å². The van der Waals surface area contributed by atoms with E-state index in [2.05, 4.69) is 4.90 Å². The van der Waals surface area contributed by atoms with Crippen LogP contribution in [0.5, 0.6) is 0 Å². The minimum absolute atomic E-state index is 0.0425. The van der Waals surface area contributed by atoms with Crippen molar-refractivity contribution in [1.82, 2.24) is 4.90 Å². The zero-order valence-electron chi connectivity index (χ0n) is 9.15. The van der Waals surface area contributed by atoms with Gasteiger partial charge in [-0.1, -0.05) is 0 Å². The maximum atomic E-state index is 10.7. The fourth-order valence-electron chi connectivity index (χ4n) is 1.95. The molecule has 1 rings (SSSR count). The van der Waals surface area contributed by atoms with Gasteiger partial charge in [0.25, 0.3) is 0 Å². The lowest BCUT2D eigenvalue weighted by Gasteiger charge is -2.26. The highest BCUT2D eigenvalue weighted by molar-refractivity contribution is 8.13. The third-order valence-electron chi connectivity index (χ3n) is 2.80. The molecule has 1 heterocycles. The minimum atomic E-state index is -3.34. The van der Waals surface area contributed by atoms with E-state index < -0.39 is 9.05 Å². The Morgan fingerprint density at radius 3 is 2.67 bits per heavy atom. The Balaban J connectivity index is 2.27. The van der Waals surface area contributed by atoms with E-state index in [1.165, 1.54) is 0 Å². The standard InChI is InChI=1S/C9H18ClNO3S/c1-8-9(4-6-14-8)11(2)5-3-7-15(10,12)13/h8-9H,3-7H2,1-2H3. The number of halogens is 1. The van der Waals surface area contributed by atoms with Crippen LogP contribution in [0, 0.1) is 0 Å². The number of ether oxygens (including phenoxy) is 1. The van der Waals surface area contributed by atoms with E-state index in [-0.39, 0.29) is 11.9 Å². The molecule has 0 bridgehead atoms. The maximum Gasteiger partial charge on any atom is 0.232 e. The lowest BCUT2D eigenvalue weighted by atomic mass is 10.1. The second-order valence-electron chi connectivity index (χ2n) is 4.01. The molecule has 90 valence electrons. The van der Waals surface area contributed by atoms with Gasteiger partial charge in [0.2, 0.25) is 9.05 Å². The molecule has 0 radical (unpaired) electrons. The van der Waals surface area contributed by atoms with E-state index >= 15 is 0 Å². The molecule has 0 N–H and O–H groups in total. The number of rotatable bonds is 5. The second kappa shape index (κ2) is 5.48. The van der Waals surface area contributed by atoms with Gasteiger partial charge >= 0.3 is 0 Å². The van der Waals surface area contributed by atoms with Crippen molar-refractivity contribution in [1.29, 1.82) is 0 Å². The fraction of sp³-hybridized carbons (Fsp3) is 1.00. The topological polar surface area (TPSA) is 46.6 Å². The van der Waals surface area contributed by atoms with E-state index in [9.17, 15) is 8.42 Å². The first kappa shape index (κ1) is 13.2. The average Bonchev–Trinajstić information content (AvgIpc) is 2.48. The molecule has 1 saturated heterocycles. The molecule has 0 saturated carbocycles. The van der Waals surface area contributed by atoms with Gasteiger partial charge in [0.1, 0.15) is 0 Å². The number of likely N-dealkylation sites (N-methyl/N-ethyl adjacent to an activating group) is 1. The zero-order chi connectivity index (χ0) is 11.5. The number of hydrogen-bond donors (Lipinski definition) is 0. The fourth-order valence-corrected chi connectivity index (χ4v) is 2.75. The molecule has 0 aromatic heterocycles. The largest absolute Gasteiger partial charge is 0.377 e. The van der Waals surface area contributed by atoms with Crippen LogP contribution in [0.4, 0.5) is 0 Å². The molecular formula is C9H18ClNO3S. The molecule has 0 spiro atoms. The van der Waals surface area contributed by atoms with Crippen LogP contribution in [-0.2, 0) is 13.8 Å². The normalized spacial score (nSPS) is 27.5. The summed E-state index contributed by atoms with van der Waals surface area (Å²) in [4.78, 5) is 2.15. The first-order valence-corrected chi connectivity index (χ1v) is 7.62. The van der Waals surface area contributed by atoms with Crippen LogP contribution < -0.4 is 0 Å². The molecule has 0 amide bonds. The Kier molecular flexibility index (Phi) is 4.83. The summed E-state index contributed by atoms with van der Waals surface area (Å²) in [5.41, 5.74) is 0. The summed E-state index contributed by atoms with van der Waals surface area (Å²) in [6, 6.07) is 0.406. The van der Waals surface area contributed by atoms with Crippen LogP contribution in [0.1, 0.15) is 19.8 Å². The molecule has 0 aromatic rings. The van der Waals surface area contributed by atoms with Crippen molar-refractivity contribution in [2.24, 2.45) is 0 Å².